The highest BCUT2D eigenvalue weighted by atomic mass is 32.2. The molecule has 0 radical (unpaired) electrons. The van der Waals surface area contributed by atoms with Crippen molar-refractivity contribution in [2.45, 2.75) is 11.8 Å². The van der Waals surface area contributed by atoms with Crippen molar-refractivity contribution in [3.8, 4) is 0 Å². The average Bonchev–Trinajstić information content (AvgIpc) is 2.11. The first-order valence-corrected chi connectivity index (χ1v) is 5.05. The molecule has 0 unspecified atom stereocenters. The quantitative estimate of drug-likeness (QED) is 0.762. The van der Waals surface area contributed by atoms with Crippen molar-refractivity contribution < 1.29 is 14.3 Å². The van der Waals surface area contributed by atoms with E-state index in [9.17, 15) is 9.18 Å². The fourth-order valence-corrected chi connectivity index (χ4v) is 1.71. The Balaban J connectivity index is 2.94. The van der Waals surface area contributed by atoms with Crippen molar-refractivity contribution >= 4 is 23.5 Å². The van der Waals surface area contributed by atoms with Gasteiger partial charge in [-0.25, -0.2) is 9.18 Å². The highest BCUT2D eigenvalue weighted by Gasteiger charge is 2.09. The lowest BCUT2D eigenvalue weighted by atomic mass is 10.3. The number of hydrogen-bond acceptors (Lipinski definition) is 2. The Hall–Kier alpha value is -1.23. The molecule has 1 rings (SSSR count). The Morgan fingerprint density at radius 1 is 1.64 bits per heavy atom. The summed E-state index contributed by atoms with van der Waals surface area (Å²) in [6.45, 7) is 1.90. The number of halogens is 1. The normalized spacial score (nSPS) is 9.86. The van der Waals surface area contributed by atoms with Crippen molar-refractivity contribution in [3.63, 3.8) is 0 Å². The van der Waals surface area contributed by atoms with Gasteiger partial charge in [-0.3, -0.25) is 5.32 Å². The van der Waals surface area contributed by atoms with E-state index in [1.54, 1.807) is 12.1 Å². The molecule has 0 saturated heterocycles. The average molecular weight is 215 g/mol. The van der Waals surface area contributed by atoms with Crippen molar-refractivity contribution in [2.24, 2.45) is 0 Å². The Kier molecular flexibility index (Phi) is 3.76. The van der Waals surface area contributed by atoms with Gasteiger partial charge < -0.3 is 5.11 Å². The number of rotatable bonds is 3. The van der Waals surface area contributed by atoms with Gasteiger partial charge in [-0.2, -0.15) is 0 Å². The molecule has 0 aromatic heterocycles. The molecular weight excluding hydrogens is 205 g/mol. The second-order valence-corrected chi connectivity index (χ2v) is 3.79. The van der Waals surface area contributed by atoms with Crippen LogP contribution in [0.2, 0.25) is 0 Å². The second kappa shape index (κ2) is 4.85. The third-order valence-electron chi connectivity index (χ3n) is 1.50. The van der Waals surface area contributed by atoms with Crippen LogP contribution in [0.4, 0.5) is 14.9 Å². The van der Waals surface area contributed by atoms with Gasteiger partial charge in [0, 0.05) is 4.90 Å². The molecule has 0 spiro atoms. The summed E-state index contributed by atoms with van der Waals surface area (Å²) in [5, 5.41) is 10.4. The monoisotopic (exact) mass is 215 g/mol. The van der Waals surface area contributed by atoms with Gasteiger partial charge in [0.25, 0.3) is 0 Å². The van der Waals surface area contributed by atoms with E-state index >= 15 is 0 Å². The van der Waals surface area contributed by atoms with Crippen LogP contribution in [0.25, 0.3) is 0 Å². The Labute approximate surface area is 85.3 Å². The summed E-state index contributed by atoms with van der Waals surface area (Å²) in [5.74, 6) is 0.231. The first kappa shape index (κ1) is 10.8. The van der Waals surface area contributed by atoms with Gasteiger partial charge in [-0.05, 0) is 17.9 Å². The predicted octanol–water partition coefficient (Wildman–Crippen LogP) is 3.03. The number of amides is 1. The molecule has 0 aliphatic carbocycles. The van der Waals surface area contributed by atoms with Gasteiger partial charge in [0.05, 0.1) is 5.69 Å². The molecule has 1 aromatic carbocycles. The Morgan fingerprint density at radius 3 is 2.93 bits per heavy atom. The van der Waals surface area contributed by atoms with Gasteiger partial charge in [0.2, 0.25) is 0 Å². The maximum atomic E-state index is 13.5. The van der Waals surface area contributed by atoms with E-state index in [1.807, 2.05) is 12.2 Å². The third-order valence-corrected chi connectivity index (χ3v) is 2.42. The molecule has 0 fully saturated rings. The lowest BCUT2D eigenvalue weighted by Crippen LogP contribution is -2.09. The number of hydrogen-bond donors (Lipinski definition) is 2. The zero-order chi connectivity index (χ0) is 10.6. The molecular formula is C9H10FNO2S. The lowest BCUT2D eigenvalue weighted by molar-refractivity contribution is 0.209. The van der Waals surface area contributed by atoms with Gasteiger partial charge in [0.1, 0.15) is 0 Å². The standard InChI is InChI=1S/C9H10FNO2S/c1-2-14-7-5-3-4-6(8(7)10)11-9(12)13/h3-5,11H,2H2,1H3,(H,12,13). The first-order chi connectivity index (χ1) is 6.65. The molecule has 5 heteroatoms. The Bertz CT molecular complexity index is 344. The molecule has 0 aliphatic heterocycles. The fourth-order valence-electron chi connectivity index (χ4n) is 0.990. The van der Waals surface area contributed by atoms with E-state index in [1.165, 1.54) is 17.8 Å². The van der Waals surface area contributed by atoms with Crippen LogP contribution in [-0.2, 0) is 0 Å². The van der Waals surface area contributed by atoms with Crippen LogP contribution >= 0.6 is 11.8 Å². The van der Waals surface area contributed by atoms with Crippen LogP contribution in [0.1, 0.15) is 6.92 Å². The zero-order valence-corrected chi connectivity index (χ0v) is 8.40. The number of thioether (sulfide) groups is 1. The molecule has 1 amide bonds. The molecule has 0 aliphatic rings. The van der Waals surface area contributed by atoms with Gasteiger partial charge in [0.15, 0.2) is 5.82 Å². The minimum absolute atomic E-state index is 0.00375. The van der Waals surface area contributed by atoms with Gasteiger partial charge in [-0.1, -0.05) is 13.0 Å². The zero-order valence-electron chi connectivity index (χ0n) is 7.58. The summed E-state index contributed by atoms with van der Waals surface area (Å²) in [6.07, 6.45) is -1.26. The molecule has 76 valence electrons. The molecule has 0 heterocycles. The molecule has 0 bridgehead atoms. The van der Waals surface area contributed by atoms with Crippen molar-refractivity contribution in [3.05, 3.63) is 24.0 Å². The van der Waals surface area contributed by atoms with Crippen molar-refractivity contribution in [1.29, 1.82) is 0 Å². The largest absolute Gasteiger partial charge is 0.465 e. The predicted molar refractivity (Wildman–Crippen MR) is 54.4 cm³/mol. The number of benzene rings is 1. The van der Waals surface area contributed by atoms with Gasteiger partial charge >= 0.3 is 6.09 Å². The molecule has 0 atom stereocenters. The maximum absolute atomic E-state index is 13.5. The molecule has 0 saturated carbocycles. The summed E-state index contributed by atoms with van der Waals surface area (Å²) in [5.41, 5.74) is -0.00375. The van der Waals surface area contributed by atoms with Crippen LogP contribution in [0.5, 0.6) is 0 Å². The number of carboxylic acid groups (broad SMARTS) is 1. The molecule has 3 nitrogen and oxygen atoms in total. The summed E-state index contributed by atoms with van der Waals surface area (Å²) in [7, 11) is 0. The topological polar surface area (TPSA) is 49.3 Å². The van der Waals surface area contributed by atoms with Gasteiger partial charge in [-0.15, -0.1) is 11.8 Å². The van der Waals surface area contributed by atoms with E-state index in [2.05, 4.69) is 0 Å². The number of anilines is 1. The molecule has 2 N–H and O–H groups in total. The first-order valence-electron chi connectivity index (χ1n) is 4.06. The summed E-state index contributed by atoms with van der Waals surface area (Å²) < 4.78 is 13.5. The van der Waals surface area contributed by atoms with Crippen molar-refractivity contribution in [2.75, 3.05) is 11.1 Å². The maximum Gasteiger partial charge on any atom is 0.409 e. The fraction of sp³-hybridized carbons (Fsp3) is 0.222. The summed E-state index contributed by atoms with van der Waals surface area (Å²) >= 11 is 1.34. The summed E-state index contributed by atoms with van der Waals surface area (Å²) in [4.78, 5) is 10.8. The van der Waals surface area contributed by atoms with E-state index < -0.39 is 11.9 Å². The lowest BCUT2D eigenvalue weighted by Gasteiger charge is -2.06. The molecule has 14 heavy (non-hydrogen) atoms. The minimum Gasteiger partial charge on any atom is -0.465 e. The molecule has 1 aromatic rings. The van der Waals surface area contributed by atoms with Crippen molar-refractivity contribution in [1.82, 2.24) is 0 Å². The highest BCUT2D eigenvalue weighted by molar-refractivity contribution is 7.99. The number of nitrogens with one attached hydrogen (secondary N) is 1. The van der Waals surface area contributed by atoms with Crippen LogP contribution in [0.15, 0.2) is 23.1 Å². The highest BCUT2D eigenvalue weighted by Crippen LogP contribution is 2.26. The minimum atomic E-state index is -1.26. The smallest absolute Gasteiger partial charge is 0.409 e. The number of carbonyl (C=O) groups is 1. The van der Waals surface area contributed by atoms with Crippen LogP contribution in [0, 0.1) is 5.82 Å². The third kappa shape index (κ3) is 2.63. The van der Waals surface area contributed by atoms with E-state index in [0.717, 1.165) is 5.75 Å². The van der Waals surface area contributed by atoms with Crippen LogP contribution in [0.3, 0.4) is 0 Å². The second-order valence-electron chi connectivity index (χ2n) is 2.48. The van der Waals surface area contributed by atoms with E-state index in [4.69, 9.17) is 5.11 Å². The van der Waals surface area contributed by atoms with E-state index in [-0.39, 0.29) is 5.69 Å². The van der Waals surface area contributed by atoms with Crippen LogP contribution in [-0.4, -0.2) is 17.0 Å². The SMILES string of the molecule is CCSc1cccc(NC(=O)O)c1F. The Morgan fingerprint density at radius 2 is 2.36 bits per heavy atom. The van der Waals surface area contributed by atoms with Crippen LogP contribution < -0.4 is 5.32 Å². The van der Waals surface area contributed by atoms with E-state index in [0.29, 0.717) is 4.90 Å². The summed E-state index contributed by atoms with van der Waals surface area (Å²) in [6, 6.07) is 4.63.